The molecule has 0 radical (unpaired) electrons. The van der Waals surface area contributed by atoms with Crippen molar-refractivity contribution in [3.8, 4) is 0 Å². The Balaban J connectivity index is 2.94. The highest BCUT2D eigenvalue weighted by atomic mass is 16.6. The van der Waals surface area contributed by atoms with Crippen molar-refractivity contribution < 1.29 is 29.0 Å². The number of esters is 2. The molecule has 0 saturated carbocycles. The summed E-state index contributed by atoms with van der Waals surface area (Å²) in [6.07, 6.45) is -2.49. The van der Waals surface area contributed by atoms with Crippen LogP contribution in [0.5, 0.6) is 0 Å². The van der Waals surface area contributed by atoms with Crippen LogP contribution in [0.3, 0.4) is 0 Å². The zero-order valence-corrected chi connectivity index (χ0v) is 10.2. The molecule has 7 heteroatoms. The van der Waals surface area contributed by atoms with E-state index in [0.29, 0.717) is 0 Å². The second-order valence-electron chi connectivity index (χ2n) is 3.80. The first-order chi connectivity index (χ1) is 8.38. The van der Waals surface area contributed by atoms with Crippen LogP contribution in [0.2, 0.25) is 0 Å². The molecule has 3 atom stereocenters. The van der Waals surface area contributed by atoms with Gasteiger partial charge in [0.05, 0.1) is 0 Å². The molecule has 0 aromatic rings. The van der Waals surface area contributed by atoms with E-state index in [1.54, 1.807) is 0 Å². The van der Waals surface area contributed by atoms with Gasteiger partial charge in [-0.15, -0.1) is 6.58 Å². The van der Waals surface area contributed by atoms with E-state index in [4.69, 9.17) is 9.47 Å². The van der Waals surface area contributed by atoms with Gasteiger partial charge in [-0.1, -0.05) is 6.08 Å². The Labute approximate surface area is 104 Å². The minimum Gasteiger partial charge on any atom is -0.453 e. The highest BCUT2D eigenvalue weighted by Gasteiger charge is 2.51. The lowest BCUT2D eigenvalue weighted by molar-refractivity contribution is -0.170. The van der Waals surface area contributed by atoms with Crippen LogP contribution in [0, 0.1) is 0 Å². The molecule has 1 N–H and O–H groups in total. The lowest BCUT2D eigenvalue weighted by atomic mass is 10.2. The van der Waals surface area contributed by atoms with Gasteiger partial charge >= 0.3 is 11.9 Å². The average molecular weight is 257 g/mol. The summed E-state index contributed by atoms with van der Waals surface area (Å²) in [5.74, 6) is -1.99. The Bertz CT molecular complexity index is 380. The lowest BCUT2D eigenvalue weighted by Gasteiger charge is -2.21. The van der Waals surface area contributed by atoms with Crippen molar-refractivity contribution in [2.75, 3.05) is 6.54 Å². The molecular weight excluding hydrogens is 242 g/mol. The molecule has 7 nitrogen and oxygen atoms in total. The molecule has 1 amide bonds. The van der Waals surface area contributed by atoms with Crippen LogP contribution in [0.4, 0.5) is 0 Å². The van der Waals surface area contributed by atoms with Gasteiger partial charge in [0.2, 0.25) is 6.10 Å². The zero-order chi connectivity index (χ0) is 13.9. The summed E-state index contributed by atoms with van der Waals surface area (Å²) in [7, 11) is 0. The van der Waals surface area contributed by atoms with E-state index < -0.39 is 36.3 Å². The Hall–Kier alpha value is -1.89. The van der Waals surface area contributed by atoms with Crippen molar-refractivity contribution >= 4 is 17.8 Å². The first-order valence-electron chi connectivity index (χ1n) is 5.32. The zero-order valence-electron chi connectivity index (χ0n) is 10.2. The number of hydrogen-bond acceptors (Lipinski definition) is 6. The summed E-state index contributed by atoms with van der Waals surface area (Å²) in [6.45, 7) is 5.77. The highest BCUT2D eigenvalue weighted by molar-refractivity contribution is 5.87. The van der Waals surface area contributed by atoms with Crippen molar-refractivity contribution in [2.45, 2.75) is 32.3 Å². The molecule has 0 aliphatic carbocycles. The fourth-order valence-electron chi connectivity index (χ4n) is 1.72. The van der Waals surface area contributed by atoms with Crippen molar-refractivity contribution in [1.82, 2.24) is 4.90 Å². The number of hydrogen-bond donors (Lipinski definition) is 1. The van der Waals surface area contributed by atoms with Crippen LogP contribution in [0.15, 0.2) is 12.7 Å². The molecule has 1 fully saturated rings. The second kappa shape index (κ2) is 5.63. The van der Waals surface area contributed by atoms with E-state index >= 15 is 0 Å². The van der Waals surface area contributed by atoms with Crippen LogP contribution in [0.1, 0.15) is 13.8 Å². The molecule has 0 aromatic carbocycles. The van der Waals surface area contributed by atoms with Crippen molar-refractivity contribution in [3.05, 3.63) is 12.7 Å². The number of aliphatic hydroxyl groups excluding tert-OH is 1. The van der Waals surface area contributed by atoms with Gasteiger partial charge in [0.25, 0.3) is 5.91 Å². The second-order valence-corrected chi connectivity index (χ2v) is 3.80. The normalized spacial score (nSPS) is 26.9. The minimum atomic E-state index is -1.36. The number of carbonyl (C=O) groups is 3. The van der Waals surface area contributed by atoms with Gasteiger partial charge in [-0.3, -0.25) is 14.4 Å². The molecule has 0 aromatic heterocycles. The third-order valence-corrected chi connectivity index (χ3v) is 2.36. The topological polar surface area (TPSA) is 93.1 Å². The average Bonchev–Trinajstić information content (AvgIpc) is 2.45. The number of amides is 1. The first-order valence-corrected chi connectivity index (χ1v) is 5.32. The maximum atomic E-state index is 11.9. The van der Waals surface area contributed by atoms with Crippen molar-refractivity contribution in [3.63, 3.8) is 0 Å². The van der Waals surface area contributed by atoms with Crippen LogP contribution in [-0.2, 0) is 23.9 Å². The number of nitrogens with zero attached hydrogens (tertiary/aromatic N) is 1. The quantitative estimate of drug-likeness (QED) is 0.523. The third-order valence-electron chi connectivity index (χ3n) is 2.36. The molecule has 18 heavy (non-hydrogen) atoms. The highest BCUT2D eigenvalue weighted by Crippen LogP contribution is 2.24. The fraction of sp³-hybridized carbons (Fsp3) is 0.545. The predicted molar refractivity (Wildman–Crippen MR) is 59.0 cm³/mol. The van der Waals surface area contributed by atoms with Crippen molar-refractivity contribution in [1.29, 1.82) is 0 Å². The van der Waals surface area contributed by atoms with Gasteiger partial charge < -0.3 is 19.5 Å². The van der Waals surface area contributed by atoms with Gasteiger partial charge in [-0.05, 0) is 0 Å². The summed E-state index contributed by atoms with van der Waals surface area (Å²) in [5, 5.41) is 9.87. The minimum absolute atomic E-state index is 0.0650. The van der Waals surface area contributed by atoms with Gasteiger partial charge in [0.1, 0.15) is 0 Å². The van der Waals surface area contributed by atoms with Crippen LogP contribution in [-0.4, -0.2) is 52.8 Å². The van der Waals surface area contributed by atoms with E-state index in [-0.39, 0.29) is 6.54 Å². The largest absolute Gasteiger partial charge is 0.453 e. The van der Waals surface area contributed by atoms with Crippen LogP contribution >= 0.6 is 0 Å². The molecule has 1 aliphatic heterocycles. The number of ether oxygens (including phenoxy) is 2. The summed E-state index contributed by atoms with van der Waals surface area (Å²) in [6, 6.07) is 0. The Morgan fingerprint density at radius 2 is 1.94 bits per heavy atom. The molecule has 100 valence electrons. The van der Waals surface area contributed by atoms with Crippen LogP contribution < -0.4 is 0 Å². The van der Waals surface area contributed by atoms with Crippen molar-refractivity contribution in [2.24, 2.45) is 0 Å². The number of aliphatic hydroxyl groups is 1. The fourth-order valence-corrected chi connectivity index (χ4v) is 1.72. The van der Waals surface area contributed by atoms with Gasteiger partial charge in [0.15, 0.2) is 12.3 Å². The number of rotatable bonds is 4. The molecule has 0 bridgehead atoms. The van der Waals surface area contributed by atoms with Crippen LogP contribution in [0.25, 0.3) is 0 Å². The lowest BCUT2D eigenvalue weighted by Crippen LogP contribution is -2.39. The third kappa shape index (κ3) is 2.86. The molecular formula is C11H15NO6. The maximum absolute atomic E-state index is 11.9. The Kier molecular flexibility index (Phi) is 4.43. The Morgan fingerprint density at radius 1 is 1.39 bits per heavy atom. The molecule has 1 unspecified atom stereocenters. The van der Waals surface area contributed by atoms with E-state index in [1.807, 2.05) is 0 Å². The molecule has 1 rings (SSSR count). The Morgan fingerprint density at radius 3 is 2.39 bits per heavy atom. The SMILES string of the molecule is C=CCN1C(=O)[C@H](OC(C)=O)[C@@H](OC(C)=O)C1O. The summed E-state index contributed by atoms with van der Waals surface area (Å²) < 4.78 is 9.60. The number of likely N-dealkylation sites (tertiary alicyclic amines) is 1. The van der Waals surface area contributed by atoms with E-state index in [2.05, 4.69) is 6.58 Å². The molecule has 1 aliphatic rings. The smallest absolute Gasteiger partial charge is 0.303 e. The van der Waals surface area contributed by atoms with E-state index in [9.17, 15) is 19.5 Å². The number of carbonyl (C=O) groups excluding carboxylic acids is 3. The van der Waals surface area contributed by atoms with Gasteiger partial charge in [-0.2, -0.15) is 0 Å². The summed E-state index contributed by atoms with van der Waals surface area (Å²) in [4.78, 5) is 34.7. The molecule has 1 heterocycles. The molecule has 0 spiro atoms. The van der Waals surface area contributed by atoms with E-state index in [0.717, 1.165) is 18.7 Å². The van der Waals surface area contributed by atoms with Gasteiger partial charge in [-0.25, -0.2) is 0 Å². The standard InChI is InChI=1S/C11H15NO6/c1-4-5-12-10(15)8(17-6(2)13)9(11(12)16)18-7(3)14/h4,8-10,15H,1,5H2,2-3H3/t8-,9-,10?/m1/s1. The molecule has 1 saturated heterocycles. The predicted octanol–water partition coefficient (Wildman–Crippen LogP) is -0.804. The maximum Gasteiger partial charge on any atom is 0.303 e. The first kappa shape index (κ1) is 14.2. The van der Waals surface area contributed by atoms with E-state index in [1.165, 1.54) is 6.08 Å². The van der Waals surface area contributed by atoms with Gasteiger partial charge in [0, 0.05) is 20.4 Å². The summed E-state index contributed by atoms with van der Waals surface area (Å²) in [5.41, 5.74) is 0. The summed E-state index contributed by atoms with van der Waals surface area (Å²) >= 11 is 0. The monoisotopic (exact) mass is 257 g/mol.